The van der Waals surface area contributed by atoms with Crippen molar-refractivity contribution in [2.75, 3.05) is 19.0 Å². The minimum absolute atomic E-state index is 0.315. The number of esters is 2. The van der Waals surface area contributed by atoms with Gasteiger partial charge in [0.1, 0.15) is 0 Å². The summed E-state index contributed by atoms with van der Waals surface area (Å²) in [6.07, 6.45) is 0.581. The Hall–Kier alpha value is -3.93. The molecule has 0 radical (unpaired) electrons. The van der Waals surface area contributed by atoms with E-state index in [1.807, 2.05) is 42.5 Å². The molecule has 0 saturated heterocycles. The molecule has 6 heteroatoms. The lowest BCUT2D eigenvalue weighted by Gasteiger charge is -2.12. The molecule has 0 aliphatic rings. The number of carbonyl (C=O) groups excluding carboxylic acids is 3. The molecule has 0 spiro atoms. The Balaban J connectivity index is 1.64. The third-order valence-electron chi connectivity index (χ3n) is 4.74. The van der Waals surface area contributed by atoms with Gasteiger partial charge in [-0.3, -0.25) is 4.79 Å². The minimum atomic E-state index is -0.568. The number of benzene rings is 3. The van der Waals surface area contributed by atoms with Gasteiger partial charge in [-0.2, -0.15) is 0 Å². The SMILES string of the molecule is COC(=O)c1ccc(C)c(NC(=O)COC(=O)c2ccccc2Cc2ccccc2)c1. The second kappa shape index (κ2) is 10.2. The van der Waals surface area contributed by atoms with Crippen molar-refractivity contribution < 1.29 is 23.9 Å². The number of ether oxygens (including phenoxy) is 2. The van der Waals surface area contributed by atoms with E-state index in [-0.39, 0.29) is 0 Å². The Kier molecular flexibility index (Phi) is 7.17. The van der Waals surface area contributed by atoms with Crippen molar-refractivity contribution in [3.05, 3.63) is 101 Å². The summed E-state index contributed by atoms with van der Waals surface area (Å²) in [5.74, 6) is -1.57. The fourth-order valence-corrected chi connectivity index (χ4v) is 3.09. The van der Waals surface area contributed by atoms with E-state index < -0.39 is 24.5 Å². The topological polar surface area (TPSA) is 81.7 Å². The van der Waals surface area contributed by atoms with Crippen molar-refractivity contribution in [2.45, 2.75) is 13.3 Å². The molecule has 31 heavy (non-hydrogen) atoms. The smallest absolute Gasteiger partial charge is 0.338 e. The van der Waals surface area contributed by atoms with Crippen LogP contribution in [0.4, 0.5) is 5.69 Å². The predicted octanol–water partition coefficient (Wildman–Crippen LogP) is 4.17. The van der Waals surface area contributed by atoms with Gasteiger partial charge in [-0.05, 0) is 48.2 Å². The molecular weight excluding hydrogens is 394 g/mol. The van der Waals surface area contributed by atoms with E-state index in [1.165, 1.54) is 13.2 Å². The van der Waals surface area contributed by atoms with Crippen molar-refractivity contribution in [1.29, 1.82) is 0 Å². The second-order valence-electron chi connectivity index (χ2n) is 6.97. The number of amides is 1. The molecule has 0 unspecified atom stereocenters. The van der Waals surface area contributed by atoms with Gasteiger partial charge < -0.3 is 14.8 Å². The Morgan fingerprint density at radius 3 is 2.32 bits per heavy atom. The highest BCUT2D eigenvalue weighted by Gasteiger charge is 2.16. The van der Waals surface area contributed by atoms with Gasteiger partial charge in [-0.25, -0.2) is 9.59 Å². The van der Waals surface area contributed by atoms with Crippen molar-refractivity contribution in [2.24, 2.45) is 0 Å². The molecule has 0 saturated carbocycles. The molecule has 3 aromatic rings. The summed E-state index contributed by atoms with van der Waals surface area (Å²) >= 11 is 0. The lowest BCUT2D eigenvalue weighted by Crippen LogP contribution is -2.22. The average Bonchev–Trinajstić information content (AvgIpc) is 2.79. The number of hydrogen-bond acceptors (Lipinski definition) is 5. The number of aryl methyl sites for hydroxylation is 1. The van der Waals surface area contributed by atoms with Crippen LogP contribution in [0.2, 0.25) is 0 Å². The third-order valence-corrected chi connectivity index (χ3v) is 4.74. The second-order valence-corrected chi connectivity index (χ2v) is 6.97. The van der Waals surface area contributed by atoms with Crippen LogP contribution in [0.15, 0.2) is 72.8 Å². The molecule has 0 aliphatic heterocycles. The van der Waals surface area contributed by atoms with Gasteiger partial charge in [0, 0.05) is 5.69 Å². The molecule has 0 fully saturated rings. The fourth-order valence-electron chi connectivity index (χ4n) is 3.09. The minimum Gasteiger partial charge on any atom is -0.465 e. The summed E-state index contributed by atoms with van der Waals surface area (Å²) in [4.78, 5) is 36.6. The van der Waals surface area contributed by atoms with Crippen LogP contribution in [-0.4, -0.2) is 31.6 Å². The molecule has 3 aromatic carbocycles. The zero-order chi connectivity index (χ0) is 22.2. The molecule has 0 aliphatic carbocycles. The number of nitrogens with one attached hydrogen (secondary N) is 1. The largest absolute Gasteiger partial charge is 0.465 e. The lowest BCUT2D eigenvalue weighted by molar-refractivity contribution is -0.119. The summed E-state index contributed by atoms with van der Waals surface area (Å²) in [6, 6.07) is 21.8. The summed E-state index contributed by atoms with van der Waals surface area (Å²) < 4.78 is 9.93. The van der Waals surface area contributed by atoms with E-state index in [1.54, 1.807) is 31.2 Å². The normalized spacial score (nSPS) is 10.3. The zero-order valence-corrected chi connectivity index (χ0v) is 17.4. The maximum Gasteiger partial charge on any atom is 0.338 e. The molecule has 0 aromatic heterocycles. The van der Waals surface area contributed by atoms with Gasteiger partial charge >= 0.3 is 11.9 Å². The third kappa shape index (κ3) is 5.79. The van der Waals surface area contributed by atoms with Crippen molar-refractivity contribution in [3.63, 3.8) is 0 Å². The first kappa shape index (κ1) is 21.8. The monoisotopic (exact) mass is 417 g/mol. The van der Waals surface area contributed by atoms with Crippen LogP contribution in [0.5, 0.6) is 0 Å². The zero-order valence-electron chi connectivity index (χ0n) is 17.4. The van der Waals surface area contributed by atoms with E-state index >= 15 is 0 Å². The van der Waals surface area contributed by atoms with Gasteiger partial charge in [0.15, 0.2) is 6.61 Å². The van der Waals surface area contributed by atoms with Crippen LogP contribution in [0, 0.1) is 6.92 Å². The summed E-state index contributed by atoms with van der Waals surface area (Å²) in [5.41, 5.74) is 3.84. The van der Waals surface area contributed by atoms with Crippen LogP contribution < -0.4 is 5.32 Å². The number of rotatable bonds is 7. The highest BCUT2D eigenvalue weighted by Crippen LogP contribution is 2.18. The Morgan fingerprint density at radius 2 is 1.58 bits per heavy atom. The molecule has 158 valence electrons. The molecule has 1 amide bonds. The Labute approximate surface area is 180 Å². The van der Waals surface area contributed by atoms with E-state index in [9.17, 15) is 14.4 Å². The summed E-state index contributed by atoms with van der Waals surface area (Å²) in [5, 5.41) is 2.67. The van der Waals surface area contributed by atoms with Crippen LogP contribution in [-0.2, 0) is 20.7 Å². The maximum absolute atomic E-state index is 12.6. The van der Waals surface area contributed by atoms with Crippen molar-refractivity contribution in [3.8, 4) is 0 Å². The van der Waals surface area contributed by atoms with E-state index in [4.69, 9.17) is 9.47 Å². The molecular formula is C25H23NO5. The highest BCUT2D eigenvalue weighted by molar-refractivity contribution is 5.98. The van der Waals surface area contributed by atoms with Gasteiger partial charge in [-0.15, -0.1) is 0 Å². The molecule has 6 nitrogen and oxygen atoms in total. The molecule has 3 rings (SSSR count). The van der Waals surface area contributed by atoms with E-state index in [2.05, 4.69) is 5.32 Å². The van der Waals surface area contributed by atoms with Gasteiger partial charge in [0.25, 0.3) is 5.91 Å². The van der Waals surface area contributed by atoms with E-state index in [0.717, 1.165) is 16.7 Å². The summed E-state index contributed by atoms with van der Waals surface area (Å²) in [7, 11) is 1.29. The first-order valence-corrected chi connectivity index (χ1v) is 9.75. The van der Waals surface area contributed by atoms with Crippen LogP contribution in [0.3, 0.4) is 0 Å². The quantitative estimate of drug-likeness (QED) is 0.584. The number of methoxy groups -OCH3 is 1. The molecule has 0 atom stereocenters. The van der Waals surface area contributed by atoms with Gasteiger partial charge in [-0.1, -0.05) is 54.6 Å². The highest BCUT2D eigenvalue weighted by atomic mass is 16.5. The Bertz CT molecular complexity index is 1090. The van der Waals surface area contributed by atoms with Crippen LogP contribution in [0.25, 0.3) is 0 Å². The van der Waals surface area contributed by atoms with Crippen molar-refractivity contribution in [1.82, 2.24) is 0 Å². The lowest BCUT2D eigenvalue weighted by atomic mass is 10.00. The average molecular weight is 417 g/mol. The fraction of sp³-hybridized carbons (Fsp3) is 0.160. The van der Waals surface area contributed by atoms with Gasteiger partial charge in [0.2, 0.25) is 0 Å². The first-order chi connectivity index (χ1) is 15.0. The molecule has 0 bridgehead atoms. The van der Waals surface area contributed by atoms with Gasteiger partial charge in [0.05, 0.1) is 18.2 Å². The van der Waals surface area contributed by atoms with E-state index in [0.29, 0.717) is 23.2 Å². The Morgan fingerprint density at radius 1 is 0.871 bits per heavy atom. The van der Waals surface area contributed by atoms with Crippen LogP contribution in [0.1, 0.15) is 37.4 Å². The number of hydrogen-bond donors (Lipinski definition) is 1. The first-order valence-electron chi connectivity index (χ1n) is 9.75. The standard InChI is InChI=1S/C25H23NO5/c1-17-12-13-20(24(28)30-2)15-22(17)26-23(27)16-31-25(29)21-11-7-6-10-19(21)14-18-8-4-3-5-9-18/h3-13,15H,14,16H2,1-2H3,(H,26,27). The van der Waals surface area contributed by atoms with Crippen molar-refractivity contribution >= 4 is 23.5 Å². The number of anilines is 1. The molecule has 1 N–H and O–H groups in total. The maximum atomic E-state index is 12.6. The number of carbonyl (C=O) groups is 3. The molecule has 0 heterocycles. The summed E-state index contributed by atoms with van der Waals surface area (Å²) in [6.45, 7) is 1.35. The van der Waals surface area contributed by atoms with Crippen LogP contribution >= 0.6 is 0 Å². The predicted molar refractivity (Wildman–Crippen MR) is 117 cm³/mol.